The van der Waals surface area contributed by atoms with Crippen molar-refractivity contribution in [2.45, 2.75) is 18.9 Å². The van der Waals surface area contributed by atoms with E-state index in [9.17, 15) is 9.59 Å². The molecule has 1 N–H and O–H groups in total. The maximum atomic E-state index is 12.5. The molecule has 3 rings (SSSR count). The normalized spacial score (nSPS) is 17.3. The second-order valence-corrected chi connectivity index (χ2v) is 6.01. The van der Waals surface area contributed by atoms with Gasteiger partial charge in [-0.25, -0.2) is 0 Å². The number of anilines is 1. The molecule has 0 spiro atoms. The molecule has 0 bridgehead atoms. The van der Waals surface area contributed by atoms with Gasteiger partial charge in [0.15, 0.2) is 5.76 Å². The summed E-state index contributed by atoms with van der Waals surface area (Å²) in [6.45, 7) is 0.515. The lowest BCUT2D eigenvalue weighted by Gasteiger charge is -2.23. The molecule has 2 amide bonds. The van der Waals surface area contributed by atoms with Crippen LogP contribution in [0.1, 0.15) is 23.4 Å². The quantitative estimate of drug-likeness (QED) is 0.912. The Kier molecular flexibility index (Phi) is 4.59. The molecular formula is C16H14Cl2N2O3. The fraction of sp³-hybridized carbons (Fsp3) is 0.250. The van der Waals surface area contributed by atoms with E-state index in [1.807, 2.05) is 0 Å². The van der Waals surface area contributed by atoms with E-state index in [0.717, 1.165) is 6.42 Å². The molecule has 0 radical (unpaired) electrons. The molecule has 2 aromatic rings. The molecular weight excluding hydrogens is 339 g/mol. The minimum Gasteiger partial charge on any atom is -0.459 e. The lowest BCUT2D eigenvalue weighted by molar-refractivity contribution is -0.119. The van der Waals surface area contributed by atoms with Crippen molar-refractivity contribution in [2.75, 3.05) is 11.9 Å². The summed E-state index contributed by atoms with van der Waals surface area (Å²) in [7, 11) is 0. The van der Waals surface area contributed by atoms with Crippen LogP contribution in [0.25, 0.3) is 0 Å². The number of benzene rings is 1. The Labute approximate surface area is 143 Å². The van der Waals surface area contributed by atoms with Gasteiger partial charge in [0, 0.05) is 6.54 Å². The summed E-state index contributed by atoms with van der Waals surface area (Å²) in [6.07, 6.45) is 2.79. The number of rotatable bonds is 3. The second-order valence-electron chi connectivity index (χ2n) is 5.22. The van der Waals surface area contributed by atoms with Crippen molar-refractivity contribution in [3.05, 3.63) is 52.4 Å². The number of furan rings is 1. The Hall–Kier alpha value is -1.98. The second kappa shape index (κ2) is 6.64. The van der Waals surface area contributed by atoms with Gasteiger partial charge in [0.1, 0.15) is 6.04 Å². The highest BCUT2D eigenvalue weighted by Crippen LogP contribution is 2.30. The first-order chi connectivity index (χ1) is 11.1. The number of halogens is 2. The Bertz CT molecular complexity index is 731. The molecule has 1 fully saturated rings. The molecule has 2 heterocycles. The van der Waals surface area contributed by atoms with Crippen molar-refractivity contribution in [2.24, 2.45) is 0 Å². The van der Waals surface area contributed by atoms with Crippen LogP contribution >= 0.6 is 23.2 Å². The third-order valence-electron chi connectivity index (χ3n) is 3.76. The summed E-state index contributed by atoms with van der Waals surface area (Å²) in [5, 5.41) is 3.39. The van der Waals surface area contributed by atoms with Gasteiger partial charge in [0.2, 0.25) is 5.91 Å². The highest BCUT2D eigenvalue weighted by atomic mass is 35.5. The molecule has 0 saturated carbocycles. The summed E-state index contributed by atoms with van der Waals surface area (Å²) in [5.41, 5.74) is 0.432. The van der Waals surface area contributed by atoms with Crippen LogP contribution < -0.4 is 5.32 Å². The number of carbonyl (C=O) groups excluding carboxylic acids is 2. The van der Waals surface area contributed by atoms with Crippen LogP contribution in [0.3, 0.4) is 0 Å². The molecule has 1 aliphatic rings. The minimum absolute atomic E-state index is 0.227. The Morgan fingerprint density at radius 3 is 2.78 bits per heavy atom. The zero-order chi connectivity index (χ0) is 16.4. The average Bonchev–Trinajstić information content (AvgIpc) is 3.21. The fourth-order valence-electron chi connectivity index (χ4n) is 2.64. The summed E-state index contributed by atoms with van der Waals surface area (Å²) in [5.74, 6) is -0.345. The highest BCUT2D eigenvalue weighted by molar-refractivity contribution is 6.44. The van der Waals surface area contributed by atoms with Crippen molar-refractivity contribution >= 4 is 40.7 Å². The van der Waals surface area contributed by atoms with Gasteiger partial charge < -0.3 is 14.6 Å². The van der Waals surface area contributed by atoms with E-state index in [-0.39, 0.29) is 22.6 Å². The summed E-state index contributed by atoms with van der Waals surface area (Å²) >= 11 is 12.0. The van der Waals surface area contributed by atoms with Crippen molar-refractivity contribution in [1.29, 1.82) is 0 Å². The number of nitrogens with zero attached hydrogens (tertiary/aromatic N) is 1. The highest BCUT2D eigenvalue weighted by Gasteiger charge is 2.35. The van der Waals surface area contributed by atoms with Crippen LogP contribution in [0, 0.1) is 0 Å². The summed E-state index contributed by atoms with van der Waals surface area (Å²) in [6, 6.07) is 7.68. The monoisotopic (exact) mass is 352 g/mol. The van der Waals surface area contributed by atoms with Gasteiger partial charge in [0.25, 0.3) is 5.91 Å². The molecule has 1 aromatic heterocycles. The molecule has 7 heteroatoms. The van der Waals surface area contributed by atoms with E-state index in [1.165, 1.54) is 11.2 Å². The summed E-state index contributed by atoms with van der Waals surface area (Å²) in [4.78, 5) is 26.4. The van der Waals surface area contributed by atoms with Gasteiger partial charge in [-0.3, -0.25) is 9.59 Å². The van der Waals surface area contributed by atoms with E-state index >= 15 is 0 Å². The molecule has 1 aliphatic heterocycles. The number of amides is 2. The van der Waals surface area contributed by atoms with E-state index in [0.29, 0.717) is 23.7 Å². The Balaban J connectivity index is 1.76. The standard InChI is InChI=1S/C16H14Cl2N2O3/c17-10-4-1-5-11(14(10)18)19-15(21)12-6-2-8-20(12)16(22)13-7-3-9-23-13/h1,3-5,7,9,12H,2,6,8H2,(H,19,21). The topological polar surface area (TPSA) is 62.6 Å². The van der Waals surface area contributed by atoms with E-state index < -0.39 is 6.04 Å². The number of hydrogen-bond acceptors (Lipinski definition) is 3. The first-order valence-corrected chi connectivity index (χ1v) is 7.93. The maximum Gasteiger partial charge on any atom is 0.290 e. The molecule has 0 aliphatic carbocycles. The molecule has 1 unspecified atom stereocenters. The maximum absolute atomic E-state index is 12.5. The van der Waals surface area contributed by atoms with Crippen LogP contribution in [0.15, 0.2) is 41.0 Å². The molecule has 1 saturated heterocycles. The minimum atomic E-state index is -0.553. The van der Waals surface area contributed by atoms with E-state index in [4.69, 9.17) is 27.6 Å². The molecule has 5 nitrogen and oxygen atoms in total. The number of likely N-dealkylation sites (tertiary alicyclic amines) is 1. The van der Waals surface area contributed by atoms with Crippen LogP contribution in [-0.4, -0.2) is 29.3 Å². The van der Waals surface area contributed by atoms with Gasteiger partial charge in [-0.1, -0.05) is 29.3 Å². The largest absolute Gasteiger partial charge is 0.459 e. The third-order valence-corrected chi connectivity index (χ3v) is 4.58. The number of nitrogens with one attached hydrogen (secondary N) is 1. The third kappa shape index (κ3) is 3.21. The lowest BCUT2D eigenvalue weighted by Crippen LogP contribution is -2.43. The first kappa shape index (κ1) is 15.9. The van der Waals surface area contributed by atoms with Crippen molar-refractivity contribution in [1.82, 2.24) is 4.90 Å². The van der Waals surface area contributed by atoms with E-state index in [1.54, 1.807) is 30.3 Å². The molecule has 23 heavy (non-hydrogen) atoms. The van der Waals surface area contributed by atoms with Crippen molar-refractivity contribution in [3.8, 4) is 0 Å². The summed E-state index contributed by atoms with van der Waals surface area (Å²) < 4.78 is 5.13. The van der Waals surface area contributed by atoms with Crippen LogP contribution in [0.5, 0.6) is 0 Å². The zero-order valence-corrected chi connectivity index (χ0v) is 13.6. The van der Waals surface area contributed by atoms with Gasteiger partial charge in [-0.15, -0.1) is 0 Å². The first-order valence-electron chi connectivity index (χ1n) is 7.17. The number of hydrogen-bond donors (Lipinski definition) is 1. The predicted molar refractivity (Wildman–Crippen MR) is 87.9 cm³/mol. The Morgan fingerprint density at radius 2 is 2.04 bits per heavy atom. The lowest BCUT2D eigenvalue weighted by atomic mass is 10.2. The Morgan fingerprint density at radius 1 is 1.22 bits per heavy atom. The SMILES string of the molecule is O=C(Nc1cccc(Cl)c1Cl)C1CCCN1C(=O)c1ccco1. The van der Waals surface area contributed by atoms with Gasteiger partial charge >= 0.3 is 0 Å². The predicted octanol–water partition coefficient (Wildman–Crippen LogP) is 3.83. The van der Waals surface area contributed by atoms with Gasteiger partial charge in [-0.2, -0.15) is 0 Å². The smallest absolute Gasteiger partial charge is 0.290 e. The van der Waals surface area contributed by atoms with Crippen LogP contribution in [0.2, 0.25) is 10.0 Å². The molecule has 120 valence electrons. The van der Waals surface area contributed by atoms with E-state index in [2.05, 4.69) is 5.32 Å². The van der Waals surface area contributed by atoms with Gasteiger partial charge in [0.05, 0.1) is 22.0 Å². The number of carbonyl (C=O) groups is 2. The molecule has 1 atom stereocenters. The van der Waals surface area contributed by atoms with Gasteiger partial charge in [-0.05, 0) is 37.1 Å². The van der Waals surface area contributed by atoms with Crippen LogP contribution in [-0.2, 0) is 4.79 Å². The zero-order valence-electron chi connectivity index (χ0n) is 12.1. The van der Waals surface area contributed by atoms with Crippen molar-refractivity contribution in [3.63, 3.8) is 0 Å². The van der Waals surface area contributed by atoms with Crippen molar-refractivity contribution < 1.29 is 14.0 Å². The average molecular weight is 353 g/mol. The fourth-order valence-corrected chi connectivity index (χ4v) is 2.99. The van der Waals surface area contributed by atoms with Crippen LogP contribution in [0.4, 0.5) is 5.69 Å². The molecule has 1 aromatic carbocycles.